The van der Waals surface area contributed by atoms with Gasteiger partial charge in [-0.1, -0.05) is 40.5 Å². The molecule has 2 rings (SSSR count). The molecule has 0 amide bonds. The highest BCUT2D eigenvalue weighted by atomic mass is 15.3. The van der Waals surface area contributed by atoms with Gasteiger partial charge in [0.1, 0.15) is 0 Å². The van der Waals surface area contributed by atoms with Crippen LogP contribution in [0.1, 0.15) is 66.2 Å². The summed E-state index contributed by atoms with van der Waals surface area (Å²) in [4.78, 5) is 2.82. The van der Waals surface area contributed by atoms with E-state index < -0.39 is 0 Å². The summed E-state index contributed by atoms with van der Waals surface area (Å²) in [5, 5.41) is 3.93. The summed E-state index contributed by atoms with van der Waals surface area (Å²) in [6.45, 7) is 13.3. The van der Waals surface area contributed by atoms with Crippen molar-refractivity contribution in [3.05, 3.63) is 0 Å². The molecule has 1 heterocycles. The third-order valence-electron chi connectivity index (χ3n) is 5.03. The lowest BCUT2D eigenvalue weighted by atomic mass is 9.89. The Morgan fingerprint density at radius 1 is 1.11 bits per heavy atom. The molecule has 1 saturated heterocycles. The predicted molar refractivity (Wildman–Crippen MR) is 83.5 cm³/mol. The van der Waals surface area contributed by atoms with Crippen LogP contribution in [0.5, 0.6) is 0 Å². The van der Waals surface area contributed by atoms with Crippen LogP contribution >= 0.6 is 0 Å². The van der Waals surface area contributed by atoms with Crippen molar-refractivity contribution in [2.24, 2.45) is 11.8 Å². The summed E-state index contributed by atoms with van der Waals surface area (Å²) in [5.74, 6) is 1.64. The zero-order valence-electron chi connectivity index (χ0n) is 13.5. The van der Waals surface area contributed by atoms with Gasteiger partial charge in [-0.3, -0.25) is 4.90 Å². The highest BCUT2D eigenvalue weighted by Gasteiger charge is 2.40. The largest absolute Gasteiger partial charge is 0.308 e. The number of piperazine rings is 1. The Balaban J connectivity index is 1.96. The van der Waals surface area contributed by atoms with Crippen molar-refractivity contribution in [3.8, 4) is 0 Å². The highest BCUT2D eigenvalue weighted by Crippen LogP contribution is 2.34. The number of rotatable bonds is 5. The first-order valence-electron chi connectivity index (χ1n) is 8.50. The molecule has 112 valence electrons. The lowest BCUT2D eigenvalue weighted by molar-refractivity contribution is 0.0656. The fraction of sp³-hybridized carbons (Fsp3) is 1.00. The van der Waals surface area contributed by atoms with Crippen LogP contribution in [0.25, 0.3) is 0 Å². The second-order valence-corrected chi connectivity index (χ2v) is 7.80. The van der Waals surface area contributed by atoms with Gasteiger partial charge in [-0.25, -0.2) is 0 Å². The summed E-state index contributed by atoms with van der Waals surface area (Å²) < 4.78 is 0. The first kappa shape index (κ1) is 15.3. The lowest BCUT2D eigenvalue weighted by Crippen LogP contribution is -2.63. The van der Waals surface area contributed by atoms with Gasteiger partial charge in [0, 0.05) is 24.7 Å². The van der Waals surface area contributed by atoms with Crippen molar-refractivity contribution in [3.63, 3.8) is 0 Å². The quantitative estimate of drug-likeness (QED) is 0.817. The normalized spacial score (nSPS) is 27.8. The van der Waals surface area contributed by atoms with Crippen molar-refractivity contribution < 1.29 is 0 Å². The van der Waals surface area contributed by atoms with Gasteiger partial charge in [-0.2, -0.15) is 0 Å². The van der Waals surface area contributed by atoms with Crippen molar-refractivity contribution in [1.82, 2.24) is 10.2 Å². The van der Waals surface area contributed by atoms with E-state index in [9.17, 15) is 0 Å². The van der Waals surface area contributed by atoms with E-state index in [2.05, 4.69) is 37.9 Å². The second kappa shape index (κ2) is 6.58. The Bertz CT molecular complexity index is 266. The van der Waals surface area contributed by atoms with Gasteiger partial charge < -0.3 is 5.32 Å². The second-order valence-electron chi connectivity index (χ2n) is 7.80. The van der Waals surface area contributed by atoms with E-state index in [0.717, 1.165) is 17.9 Å². The smallest absolute Gasteiger partial charge is 0.0309 e. The van der Waals surface area contributed by atoms with Gasteiger partial charge in [0.25, 0.3) is 0 Å². The van der Waals surface area contributed by atoms with E-state index in [0.29, 0.717) is 5.54 Å². The summed E-state index contributed by atoms with van der Waals surface area (Å²) in [7, 11) is 0. The van der Waals surface area contributed by atoms with Crippen LogP contribution in [0, 0.1) is 11.8 Å². The summed E-state index contributed by atoms with van der Waals surface area (Å²) in [6, 6.07) is 0.768. The minimum absolute atomic E-state index is 0.477. The van der Waals surface area contributed by atoms with Crippen LogP contribution in [-0.2, 0) is 0 Å². The molecular weight excluding hydrogens is 232 g/mol. The van der Waals surface area contributed by atoms with E-state index in [4.69, 9.17) is 0 Å². The van der Waals surface area contributed by atoms with Crippen LogP contribution in [0.3, 0.4) is 0 Å². The van der Waals surface area contributed by atoms with E-state index in [1.54, 1.807) is 0 Å². The van der Waals surface area contributed by atoms with Crippen LogP contribution in [-0.4, -0.2) is 36.1 Å². The molecule has 0 bridgehead atoms. The van der Waals surface area contributed by atoms with Crippen molar-refractivity contribution in [2.45, 2.75) is 77.8 Å². The first-order valence-corrected chi connectivity index (χ1v) is 8.50. The molecule has 0 aromatic heterocycles. The maximum atomic E-state index is 3.93. The third-order valence-corrected chi connectivity index (χ3v) is 5.03. The standard InChI is InChI=1S/C17H34N2/c1-14(2)7-10-19-13-17(8-5-6-9-17)18-12-16(19)11-15(3)4/h14-16,18H,5-13H2,1-4H3. The maximum absolute atomic E-state index is 3.93. The molecule has 0 aromatic rings. The molecule has 1 unspecified atom stereocenters. The lowest BCUT2D eigenvalue weighted by Gasteiger charge is -2.47. The van der Waals surface area contributed by atoms with Crippen LogP contribution in [0.15, 0.2) is 0 Å². The zero-order chi connectivity index (χ0) is 13.9. The van der Waals surface area contributed by atoms with Gasteiger partial charge in [0.05, 0.1) is 0 Å². The summed E-state index contributed by atoms with van der Waals surface area (Å²) >= 11 is 0. The molecule has 2 fully saturated rings. The average Bonchev–Trinajstić information content (AvgIpc) is 2.77. The van der Waals surface area contributed by atoms with E-state index in [1.165, 1.54) is 58.2 Å². The maximum Gasteiger partial charge on any atom is 0.0309 e. The number of nitrogens with one attached hydrogen (secondary N) is 1. The van der Waals surface area contributed by atoms with E-state index in [1.807, 2.05) is 0 Å². The number of nitrogens with zero attached hydrogens (tertiary/aromatic N) is 1. The molecule has 1 saturated carbocycles. The van der Waals surface area contributed by atoms with Gasteiger partial charge in [-0.05, 0) is 44.1 Å². The Hall–Kier alpha value is -0.0800. The van der Waals surface area contributed by atoms with Crippen LogP contribution < -0.4 is 5.32 Å². The Morgan fingerprint density at radius 3 is 2.37 bits per heavy atom. The molecule has 1 N–H and O–H groups in total. The summed E-state index contributed by atoms with van der Waals surface area (Å²) in [6.07, 6.45) is 8.37. The van der Waals surface area contributed by atoms with Gasteiger partial charge in [0.2, 0.25) is 0 Å². The van der Waals surface area contributed by atoms with Crippen molar-refractivity contribution in [2.75, 3.05) is 19.6 Å². The molecule has 0 aromatic carbocycles. The Kier molecular flexibility index (Phi) is 5.30. The number of hydrogen-bond donors (Lipinski definition) is 1. The van der Waals surface area contributed by atoms with Crippen LogP contribution in [0.2, 0.25) is 0 Å². The molecule has 1 aliphatic heterocycles. The van der Waals surface area contributed by atoms with Crippen LogP contribution in [0.4, 0.5) is 0 Å². The average molecular weight is 266 g/mol. The molecule has 2 aliphatic rings. The molecule has 1 atom stereocenters. The molecule has 0 radical (unpaired) electrons. The monoisotopic (exact) mass is 266 g/mol. The molecule has 2 heteroatoms. The topological polar surface area (TPSA) is 15.3 Å². The van der Waals surface area contributed by atoms with Gasteiger partial charge >= 0.3 is 0 Å². The van der Waals surface area contributed by atoms with Crippen molar-refractivity contribution in [1.29, 1.82) is 0 Å². The highest BCUT2D eigenvalue weighted by molar-refractivity contribution is 5.01. The Morgan fingerprint density at radius 2 is 1.79 bits per heavy atom. The zero-order valence-corrected chi connectivity index (χ0v) is 13.5. The minimum atomic E-state index is 0.477. The summed E-state index contributed by atoms with van der Waals surface area (Å²) in [5.41, 5.74) is 0.477. The molecule has 1 aliphatic carbocycles. The molecule has 1 spiro atoms. The fourth-order valence-corrected chi connectivity index (χ4v) is 3.89. The SMILES string of the molecule is CC(C)CCN1CC2(CCCC2)NCC1CC(C)C. The van der Waals surface area contributed by atoms with Crippen molar-refractivity contribution >= 4 is 0 Å². The fourth-order valence-electron chi connectivity index (χ4n) is 3.89. The van der Waals surface area contributed by atoms with Gasteiger partial charge in [0.15, 0.2) is 0 Å². The predicted octanol–water partition coefficient (Wildman–Crippen LogP) is 3.67. The molecular formula is C17H34N2. The van der Waals surface area contributed by atoms with E-state index >= 15 is 0 Å². The Labute approximate surface area is 120 Å². The number of hydrogen-bond acceptors (Lipinski definition) is 2. The van der Waals surface area contributed by atoms with E-state index in [-0.39, 0.29) is 0 Å². The first-order chi connectivity index (χ1) is 9.01. The molecule has 19 heavy (non-hydrogen) atoms. The minimum Gasteiger partial charge on any atom is -0.308 e. The molecule has 2 nitrogen and oxygen atoms in total. The van der Waals surface area contributed by atoms with Gasteiger partial charge in [-0.15, -0.1) is 0 Å². The third kappa shape index (κ3) is 4.19.